The van der Waals surface area contributed by atoms with Gasteiger partial charge in [-0.25, -0.2) is 0 Å². The van der Waals surface area contributed by atoms with E-state index >= 15 is 0 Å². The van der Waals surface area contributed by atoms with Gasteiger partial charge in [0.05, 0.1) is 13.2 Å². The monoisotopic (exact) mass is 128 g/mol. The van der Waals surface area contributed by atoms with Crippen LogP contribution in [0.5, 0.6) is 0 Å². The molecule has 8 heavy (non-hydrogen) atoms. The van der Waals surface area contributed by atoms with Crippen LogP contribution in [0.2, 0.25) is 0 Å². The average molecular weight is 128 g/mol. The van der Waals surface area contributed by atoms with E-state index in [2.05, 4.69) is 0 Å². The molecule has 2 nitrogen and oxygen atoms in total. The third-order valence-corrected chi connectivity index (χ3v) is 0.584. The van der Waals surface area contributed by atoms with E-state index in [9.17, 15) is 0 Å². The van der Waals surface area contributed by atoms with Crippen molar-refractivity contribution in [1.82, 2.24) is 0 Å². The molecule has 0 atom stereocenters. The molecule has 0 radical (unpaired) electrons. The molecular weight excluding hydrogens is 115 g/mol. The van der Waals surface area contributed by atoms with Crippen molar-refractivity contribution in [2.24, 2.45) is 0 Å². The Kier molecular flexibility index (Phi) is 15.8. The Morgan fingerprint density at radius 2 is 2.00 bits per heavy atom. The van der Waals surface area contributed by atoms with Crippen LogP contribution in [0.25, 0.3) is 0 Å². The summed E-state index contributed by atoms with van der Waals surface area (Å²) in [5.41, 5.74) is 0. The van der Waals surface area contributed by atoms with Gasteiger partial charge in [-0.1, -0.05) is 6.92 Å². The number of hydrogen-bond donors (Lipinski definition) is 1. The second-order valence-electron chi connectivity index (χ2n) is 1.34. The second-order valence-corrected chi connectivity index (χ2v) is 1.34. The third kappa shape index (κ3) is 10.0. The van der Waals surface area contributed by atoms with Gasteiger partial charge in [0.25, 0.3) is 0 Å². The molecule has 0 aliphatic carbocycles. The quantitative estimate of drug-likeness (QED) is 0.418. The number of aliphatic hydroxyl groups excluding tert-OH is 1. The molecule has 0 aromatic rings. The van der Waals surface area contributed by atoms with E-state index in [4.69, 9.17) is 9.84 Å². The molecular formula is C5H13NaO2. The molecule has 0 aliphatic rings. The van der Waals surface area contributed by atoms with Crippen LogP contribution >= 0.6 is 0 Å². The number of aliphatic hydroxyl groups is 1. The first-order chi connectivity index (χ1) is 3.41. The van der Waals surface area contributed by atoms with Crippen molar-refractivity contribution >= 4 is 29.6 Å². The molecule has 0 spiro atoms. The van der Waals surface area contributed by atoms with E-state index in [1.54, 1.807) is 0 Å². The summed E-state index contributed by atoms with van der Waals surface area (Å²) in [4.78, 5) is 0. The van der Waals surface area contributed by atoms with E-state index in [1.165, 1.54) is 0 Å². The van der Waals surface area contributed by atoms with Gasteiger partial charge in [-0.3, -0.25) is 0 Å². The average Bonchev–Trinajstić information content (AvgIpc) is 1.69. The van der Waals surface area contributed by atoms with Crippen molar-refractivity contribution in [3.8, 4) is 0 Å². The van der Waals surface area contributed by atoms with E-state index < -0.39 is 0 Å². The molecule has 0 heterocycles. The van der Waals surface area contributed by atoms with Crippen LogP contribution in [0.1, 0.15) is 13.3 Å². The molecule has 0 saturated heterocycles. The molecule has 0 saturated carbocycles. The first-order valence-electron chi connectivity index (χ1n) is 2.60. The fraction of sp³-hybridized carbons (Fsp3) is 1.00. The number of hydrogen-bond acceptors (Lipinski definition) is 2. The minimum atomic E-state index is 0. The zero-order valence-corrected chi connectivity index (χ0v) is 4.68. The number of ether oxygens (including phenoxy) is 1. The summed E-state index contributed by atoms with van der Waals surface area (Å²) in [6.07, 6.45) is 1.03. The van der Waals surface area contributed by atoms with Crippen LogP contribution in [0.4, 0.5) is 0 Å². The molecule has 0 aliphatic heterocycles. The van der Waals surface area contributed by atoms with Crippen molar-refractivity contribution < 1.29 is 9.84 Å². The molecule has 0 aromatic carbocycles. The summed E-state index contributed by atoms with van der Waals surface area (Å²) in [7, 11) is 0. The van der Waals surface area contributed by atoms with Gasteiger partial charge in [0, 0.05) is 6.61 Å². The second kappa shape index (κ2) is 10.8. The maximum absolute atomic E-state index is 8.17. The fourth-order valence-corrected chi connectivity index (χ4v) is 0.311. The molecule has 1 N–H and O–H groups in total. The first kappa shape index (κ1) is 11.7. The molecule has 46 valence electrons. The van der Waals surface area contributed by atoms with Crippen molar-refractivity contribution in [3.05, 3.63) is 0 Å². The predicted octanol–water partition coefficient (Wildman–Crippen LogP) is -0.243. The van der Waals surface area contributed by atoms with Crippen molar-refractivity contribution in [3.63, 3.8) is 0 Å². The predicted molar refractivity (Wildman–Crippen MR) is 35.3 cm³/mol. The standard InChI is InChI=1S/C5H12O2.Na.H/c1-2-4-7-5-3-6;;/h6H,2-5H2,1H3;;. The molecule has 0 rings (SSSR count). The first-order valence-corrected chi connectivity index (χ1v) is 2.60. The summed E-state index contributed by atoms with van der Waals surface area (Å²) in [5, 5.41) is 8.17. The van der Waals surface area contributed by atoms with Crippen molar-refractivity contribution in [1.29, 1.82) is 0 Å². The molecule has 0 amide bonds. The number of rotatable bonds is 4. The van der Waals surface area contributed by atoms with E-state index in [-0.39, 0.29) is 36.2 Å². The molecule has 0 unspecified atom stereocenters. The summed E-state index contributed by atoms with van der Waals surface area (Å²) < 4.78 is 4.88. The fourth-order valence-electron chi connectivity index (χ4n) is 0.311. The zero-order chi connectivity index (χ0) is 5.54. The summed E-state index contributed by atoms with van der Waals surface area (Å²) >= 11 is 0. The SMILES string of the molecule is CCCOCCO.[NaH]. The van der Waals surface area contributed by atoms with Gasteiger partial charge in [-0.15, -0.1) is 0 Å². The Hall–Kier alpha value is 0.920. The van der Waals surface area contributed by atoms with Crippen molar-refractivity contribution in [2.75, 3.05) is 19.8 Å². The topological polar surface area (TPSA) is 29.5 Å². The normalized spacial score (nSPS) is 8.25. The van der Waals surface area contributed by atoms with Gasteiger partial charge < -0.3 is 9.84 Å². The van der Waals surface area contributed by atoms with Crippen LogP contribution in [0, 0.1) is 0 Å². The van der Waals surface area contributed by atoms with E-state index in [1.807, 2.05) is 6.92 Å². The molecule has 0 bridgehead atoms. The Morgan fingerprint density at radius 3 is 2.38 bits per heavy atom. The Balaban J connectivity index is 0. The van der Waals surface area contributed by atoms with Gasteiger partial charge in [0.2, 0.25) is 0 Å². The third-order valence-electron chi connectivity index (χ3n) is 0.584. The summed E-state index contributed by atoms with van der Waals surface area (Å²) in [5.74, 6) is 0. The zero-order valence-electron chi connectivity index (χ0n) is 4.68. The van der Waals surface area contributed by atoms with Crippen LogP contribution in [0.15, 0.2) is 0 Å². The summed E-state index contributed by atoms with van der Waals surface area (Å²) in [6, 6.07) is 0. The Labute approximate surface area is 72.5 Å². The minimum absolute atomic E-state index is 0. The van der Waals surface area contributed by atoms with Crippen LogP contribution in [0.3, 0.4) is 0 Å². The maximum atomic E-state index is 8.17. The van der Waals surface area contributed by atoms with Gasteiger partial charge in [-0.05, 0) is 6.42 Å². The van der Waals surface area contributed by atoms with Gasteiger partial charge in [0.1, 0.15) is 0 Å². The van der Waals surface area contributed by atoms with Gasteiger partial charge >= 0.3 is 29.6 Å². The van der Waals surface area contributed by atoms with Crippen LogP contribution in [-0.4, -0.2) is 54.5 Å². The van der Waals surface area contributed by atoms with Gasteiger partial charge in [0.15, 0.2) is 0 Å². The molecule has 0 aromatic heterocycles. The summed E-state index contributed by atoms with van der Waals surface area (Å²) in [6.45, 7) is 3.42. The van der Waals surface area contributed by atoms with Gasteiger partial charge in [-0.2, -0.15) is 0 Å². The van der Waals surface area contributed by atoms with Crippen LogP contribution < -0.4 is 0 Å². The Morgan fingerprint density at radius 1 is 1.38 bits per heavy atom. The van der Waals surface area contributed by atoms with E-state index in [0.717, 1.165) is 13.0 Å². The van der Waals surface area contributed by atoms with Crippen molar-refractivity contribution in [2.45, 2.75) is 13.3 Å². The van der Waals surface area contributed by atoms with Crippen LogP contribution in [-0.2, 0) is 4.74 Å². The molecule has 0 fully saturated rings. The Bertz CT molecular complexity index is 29.6. The van der Waals surface area contributed by atoms with E-state index in [0.29, 0.717) is 6.61 Å². The molecule has 3 heteroatoms.